The van der Waals surface area contributed by atoms with Crippen molar-refractivity contribution in [1.82, 2.24) is 0 Å². The molecule has 1 heterocycles. The quantitative estimate of drug-likeness (QED) is 0.458. The van der Waals surface area contributed by atoms with Gasteiger partial charge in [-0.15, -0.1) is 0 Å². The van der Waals surface area contributed by atoms with Crippen molar-refractivity contribution < 1.29 is 17.1 Å². The van der Waals surface area contributed by atoms with Gasteiger partial charge in [0.25, 0.3) is 0 Å². The molecule has 3 nitrogen and oxygen atoms in total. The molecule has 0 aliphatic carbocycles. The van der Waals surface area contributed by atoms with Gasteiger partial charge in [-0.3, -0.25) is 0 Å². The van der Waals surface area contributed by atoms with E-state index in [9.17, 15) is 0 Å². The third-order valence-corrected chi connectivity index (χ3v) is 5.41. The predicted molar refractivity (Wildman–Crippen MR) is 124 cm³/mol. The molecule has 1 aliphatic rings. The SMILES string of the molecule is Cc1cc(C)c(N=C2N=C(Nc3c(C)cc(C)cc3C)c3ccccc32)c(C)c1.[Fe+2]. The zero-order valence-electron chi connectivity index (χ0n) is 18.4. The van der Waals surface area contributed by atoms with Crippen LogP contribution in [0.15, 0.2) is 58.5 Å². The van der Waals surface area contributed by atoms with E-state index in [0.717, 1.165) is 34.2 Å². The van der Waals surface area contributed by atoms with Crippen molar-refractivity contribution >= 4 is 23.0 Å². The largest absolute Gasteiger partial charge is 2.00 e. The Labute approximate surface area is 189 Å². The van der Waals surface area contributed by atoms with Crippen LogP contribution in [-0.2, 0) is 17.1 Å². The summed E-state index contributed by atoms with van der Waals surface area (Å²) in [7, 11) is 0. The maximum absolute atomic E-state index is 4.98. The van der Waals surface area contributed by atoms with Gasteiger partial charge in [-0.05, 0) is 63.8 Å². The molecule has 1 N–H and O–H groups in total. The first-order chi connectivity index (χ1) is 13.8. The van der Waals surface area contributed by atoms with Gasteiger partial charge in [-0.2, -0.15) is 0 Å². The van der Waals surface area contributed by atoms with Crippen molar-refractivity contribution in [3.05, 3.63) is 93.0 Å². The zero-order valence-corrected chi connectivity index (χ0v) is 19.5. The molecule has 0 fully saturated rings. The number of benzene rings is 3. The third kappa shape index (κ3) is 4.12. The van der Waals surface area contributed by atoms with Gasteiger partial charge < -0.3 is 5.32 Å². The van der Waals surface area contributed by atoms with Crippen molar-refractivity contribution in [1.29, 1.82) is 0 Å². The maximum Gasteiger partial charge on any atom is 2.00 e. The fraction of sp³-hybridized carbons (Fsp3) is 0.231. The average Bonchev–Trinajstić information content (AvgIpc) is 2.99. The summed E-state index contributed by atoms with van der Waals surface area (Å²) >= 11 is 0. The normalized spacial score (nSPS) is 13.7. The fourth-order valence-corrected chi connectivity index (χ4v) is 4.24. The average molecular weight is 437 g/mol. The fourth-order valence-electron chi connectivity index (χ4n) is 4.24. The molecular formula is C26H27FeN3+2. The second-order valence-corrected chi connectivity index (χ2v) is 8.09. The molecule has 0 spiro atoms. The van der Waals surface area contributed by atoms with E-state index >= 15 is 0 Å². The number of aliphatic imine (C=N–C) groups is 2. The van der Waals surface area contributed by atoms with E-state index in [-0.39, 0.29) is 17.1 Å². The van der Waals surface area contributed by atoms with Crippen LogP contribution in [0.25, 0.3) is 0 Å². The summed E-state index contributed by atoms with van der Waals surface area (Å²) in [4.78, 5) is 9.89. The molecule has 3 aromatic rings. The van der Waals surface area contributed by atoms with Crippen LogP contribution < -0.4 is 5.32 Å². The summed E-state index contributed by atoms with van der Waals surface area (Å²) in [5.74, 6) is 1.62. The number of aryl methyl sites for hydroxylation is 6. The summed E-state index contributed by atoms with van der Waals surface area (Å²) in [6, 6.07) is 17.1. The first-order valence-electron chi connectivity index (χ1n) is 10.0. The minimum absolute atomic E-state index is 0. The van der Waals surface area contributed by atoms with Gasteiger partial charge in [0, 0.05) is 16.8 Å². The van der Waals surface area contributed by atoms with Crippen molar-refractivity contribution in [3.8, 4) is 0 Å². The van der Waals surface area contributed by atoms with E-state index in [1.807, 2.05) is 6.07 Å². The molecule has 0 aromatic heterocycles. The number of rotatable bonds is 2. The van der Waals surface area contributed by atoms with Gasteiger partial charge >= 0.3 is 17.1 Å². The second kappa shape index (κ2) is 8.59. The van der Waals surface area contributed by atoms with Crippen molar-refractivity contribution in [2.24, 2.45) is 9.98 Å². The first kappa shape index (κ1) is 22.0. The molecule has 4 heteroatoms. The molecule has 4 rings (SSSR count). The van der Waals surface area contributed by atoms with Crippen molar-refractivity contribution in [3.63, 3.8) is 0 Å². The number of anilines is 1. The number of hydrogen-bond acceptors (Lipinski definition) is 2. The van der Waals surface area contributed by atoms with Gasteiger partial charge in [0.15, 0.2) is 5.84 Å². The molecule has 1 aliphatic heterocycles. The van der Waals surface area contributed by atoms with Crippen LogP contribution in [0, 0.1) is 41.5 Å². The van der Waals surface area contributed by atoms with E-state index in [0.29, 0.717) is 0 Å². The first-order valence-corrected chi connectivity index (χ1v) is 10.0. The standard InChI is InChI=1S/C26H27N3.Fe/c1-15-11-17(3)23(18(4)12-15)27-25-21-9-7-8-10-22(21)26(29-25)28-24-19(5)13-16(2)14-20(24)6;/h7-14H,1-6H3,(H,27,28,29);/q;+2. The molecule has 0 bridgehead atoms. The molecule has 0 saturated carbocycles. The summed E-state index contributed by atoms with van der Waals surface area (Å²) < 4.78 is 0. The Morgan fingerprint density at radius 2 is 1.20 bits per heavy atom. The van der Waals surface area contributed by atoms with Crippen LogP contribution in [0.1, 0.15) is 44.5 Å². The Kier molecular flexibility index (Phi) is 6.30. The van der Waals surface area contributed by atoms with E-state index in [2.05, 4.69) is 89.3 Å². The molecular weight excluding hydrogens is 410 g/mol. The summed E-state index contributed by atoms with van der Waals surface area (Å²) in [5.41, 5.74) is 11.6. The van der Waals surface area contributed by atoms with E-state index in [1.165, 1.54) is 33.4 Å². The number of amidine groups is 2. The van der Waals surface area contributed by atoms with Gasteiger partial charge in [-0.1, -0.05) is 59.7 Å². The number of hydrogen-bond donors (Lipinski definition) is 1. The molecule has 152 valence electrons. The molecule has 0 radical (unpaired) electrons. The van der Waals surface area contributed by atoms with Gasteiger partial charge in [0.2, 0.25) is 0 Å². The number of nitrogens with zero attached hydrogens (tertiary/aromatic N) is 2. The van der Waals surface area contributed by atoms with Crippen LogP contribution in [0.4, 0.5) is 11.4 Å². The van der Waals surface area contributed by atoms with Crippen LogP contribution in [0.3, 0.4) is 0 Å². The van der Waals surface area contributed by atoms with Crippen LogP contribution >= 0.6 is 0 Å². The van der Waals surface area contributed by atoms with Gasteiger partial charge in [0.05, 0.1) is 5.69 Å². The Bertz CT molecular complexity index is 1140. The van der Waals surface area contributed by atoms with Crippen LogP contribution in [0.2, 0.25) is 0 Å². The summed E-state index contributed by atoms with van der Waals surface area (Å²) in [5, 5.41) is 3.58. The van der Waals surface area contributed by atoms with E-state index in [4.69, 9.17) is 9.98 Å². The molecule has 0 unspecified atom stereocenters. The van der Waals surface area contributed by atoms with Gasteiger partial charge in [0.1, 0.15) is 5.84 Å². The number of fused-ring (bicyclic) bond motifs is 1. The Hall–Kier alpha value is -2.68. The zero-order chi connectivity index (χ0) is 20.7. The monoisotopic (exact) mass is 437 g/mol. The van der Waals surface area contributed by atoms with Crippen LogP contribution in [0.5, 0.6) is 0 Å². The Balaban J connectivity index is 0.00000256. The summed E-state index contributed by atoms with van der Waals surface area (Å²) in [6.45, 7) is 12.7. The number of nitrogens with one attached hydrogen (secondary N) is 1. The second-order valence-electron chi connectivity index (χ2n) is 8.09. The van der Waals surface area contributed by atoms with Gasteiger partial charge in [-0.25, -0.2) is 9.98 Å². The van der Waals surface area contributed by atoms with Crippen LogP contribution in [-0.4, -0.2) is 11.7 Å². The minimum Gasteiger partial charge on any atom is -0.339 e. The van der Waals surface area contributed by atoms with Crippen molar-refractivity contribution in [2.45, 2.75) is 41.5 Å². The molecule has 0 atom stereocenters. The Morgan fingerprint density at radius 1 is 0.700 bits per heavy atom. The van der Waals surface area contributed by atoms with E-state index in [1.54, 1.807) is 0 Å². The maximum atomic E-state index is 4.98. The summed E-state index contributed by atoms with van der Waals surface area (Å²) in [6.07, 6.45) is 0. The molecule has 0 amide bonds. The third-order valence-electron chi connectivity index (χ3n) is 5.41. The topological polar surface area (TPSA) is 36.8 Å². The van der Waals surface area contributed by atoms with Crippen molar-refractivity contribution in [2.75, 3.05) is 5.32 Å². The smallest absolute Gasteiger partial charge is 0.339 e. The molecule has 0 saturated heterocycles. The minimum atomic E-state index is 0. The Morgan fingerprint density at radius 3 is 1.77 bits per heavy atom. The molecule has 3 aromatic carbocycles. The molecule has 30 heavy (non-hydrogen) atoms. The van der Waals surface area contributed by atoms with E-state index < -0.39 is 0 Å². The predicted octanol–water partition coefficient (Wildman–Crippen LogP) is 6.49.